The summed E-state index contributed by atoms with van der Waals surface area (Å²) in [5.74, 6) is -3.38. The van der Waals surface area contributed by atoms with E-state index in [-0.39, 0.29) is 17.0 Å². The first-order chi connectivity index (χ1) is 15.9. The molecule has 1 saturated heterocycles. The Morgan fingerprint density at radius 1 is 1.00 bits per heavy atom. The van der Waals surface area contributed by atoms with Crippen molar-refractivity contribution >= 4 is 11.9 Å². The minimum absolute atomic E-state index is 0. The quantitative estimate of drug-likeness (QED) is 0.386. The number of methoxy groups -OCH3 is 1. The number of hydrogen-bond acceptors (Lipinski definition) is 4. The van der Waals surface area contributed by atoms with Crippen molar-refractivity contribution in [3.05, 3.63) is 102 Å². The van der Waals surface area contributed by atoms with Crippen molar-refractivity contribution in [2.24, 2.45) is 5.41 Å². The van der Waals surface area contributed by atoms with Crippen molar-refractivity contribution < 1.29 is 44.7 Å². The minimum Gasteiger partial charge on any atom is -1.00 e. The van der Waals surface area contributed by atoms with Crippen LogP contribution in [-0.2, 0) is 14.3 Å². The highest BCUT2D eigenvalue weighted by atomic mass is 79.9. The number of rotatable bonds is 4. The number of piperidine rings is 1. The zero-order valence-electron chi connectivity index (χ0n) is 18.0. The maximum absolute atomic E-state index is 13.8. The molecule has 1 N–H and O–H groups in total. The van der Waals surface area contributed by atoms with Gasteiger partial charge in [0.05, 0.1) is 25.1 Å². The number of ether oxygens (including phenoxy) is 1. The first-order valence-electron chi connectivity index (χ1n) is 10.2. The number of aromatic nitrogens is 1. The molecule has 1 aliphatic heterocycles. The molecule has 34 heavy (non-hydrogen) atoms. The molecular formula is C25H20BrF2N3O3. The summed E-state index contributed by atoms with van der Waals surface area (Å²) in [6.45, 7) is 0. The van der Waals surface area contributed by atoms with E-state index in [2.05, 4.69) is 11.4 Å². The van der Waals surface area contributed by atoms with Gasteiger partial charge in [-0.2, -0.15) is 9.83 Å². The Balaban J connectivity index is 0.00000324. The zero-order valence-corrected chi connectivity index (χ0v) is 19.6. The average molecular weight is 528 g/mol. The van der Waals surface area contributed by atoms with Crippen LogP contribution in [0, 0.1) is 28.4 Å². The third kappa shape index (κ3) is 4.17. The lowest BCUT2D eigenvalue weighted by Crippen LogP contribution is -3.00. The van der Waals surface area contributed by atoms with Crippen LogP contribution in [0.15, 0.2) is 79.1 Å². The number of pyridine rings is 1. The monoisotopic (exact) mass is 527 g/mol. The van der Waals surface area contributed by atoms with Crippen molar-refractivity contribution in [3.8, 4) is 6.07 Å². The first-order valence-corrected chi connectivity index (χ1v) is 10.2. The number of benzene rings is 2. The lowest BCUT2D eigenvalue weighted by Gasteiger charge is -2.44. The lowest BCUT2D eigenvalue weighted by atomic mass is 9.61. The van der Waals surface area contributed by atoms with E-state index in [0.717, 1.165) is 7.11 Å². The Bertz CT molecular complexity index is 1220. The topological polar surface area (TPSA) is 83.1 Å². The Kier molecular flexibility index (Phi) is 7.42. The Labute approximate surface area is 205 Å². The SMILES string of the molecule is COC(=O)C1(C#N)C(c2ccc(F)cc2)NC(=O)C([n+]2ccccc2)C1c1ccc(F)cc1.[Br-]. The van der Waals surface area contributed by atoms with Crippen LogP contribution in [0.5, 0.6) is 0 Å². The first kappa shape index (κ1) is 25.0. The van der Waals surface area contributed by atoms with E-state index in [4.69, 9.17) is 4.74 Å². The van der Waals surface area contributed by atoms with Crippen LogP contribution in [0.4, 0.5) is 8.78 Å². The van der Waals surface area contributed by atoms with Gasteiger partial charge in [-0.3, -0.25) is 9.59 Å². The zero-order chi connectivity index (χ0) is 23.6. The van der Waals surface area contributed by atoms with Crippen LogP contribution in [0.3, 0.4) is 0 Å². The van der Waals surface area contributed by atoms with Crippen molar-refractivity contribution in [3.63, 3.8) is 0 Å². The fourth-order valence-corrected chi connectivity index (χ4v) is 4.54. The number of carbonyl (C=O) groups is 2. The van der Waals surface area contributed by atoms with Crippen molar-refractivity contribution in [2.45, 2.75) is 18.0 Å². The summed E-state index contributed by atoms with van der Waals surface area (Å²) in [4.78, 5) is 26.8. The molecule has 4 atom stereocenters. The van der Waals surface area contributed by atoms with E-state index in [1.807, 2.05) is 0 Å². The Morgan fingerprint density at radius 3 is 2.03 bits per heavy atom. The number of nitrogens with zero attached hydrogens (tertiary/aromatic N) is 2. The van der Waals surface area contributed by atoms with Crippen LogP contribution in [0.1, 0.15) is 29.1 Å². The van der Waals surface area contributed by atoms with Crippen LogP contribution < -0.4 is 26.9 Å². The third-order valence-corrected chi connectivity index (χ3v) is 6.02. The average Bonchev–Trinajstić information content (AvgIpc) is 2.84. The molecule has 1 aliphatic rings. The van der Waals surface area contributed by atoms with Gasteiger partial charge >= 0.3 is 5.97 Å². The maximum atomic E-state index is 13.8. The summed E-state index contributed by atoms with van der Waals surface area (Å²) < 4.78 is 34.0. The van der Waals surface area contributed by atoms with Gasteiger partial charge in [-0.15, -0.1) is 0 Å². The highest BCUT2D eigenvalue weighted by molar-refractivity contribution is 5.90. The molecule has 1 fully saturated rings. The van der Waals surface area contributed by atoms with Crippen LogP contribution in [0.25, 0.3) is 0 Å². The molecule has 6 nitrogen and oxygen atoms in total. The molecule has 0 spiro atoms. The standard InChI is InChI=1S/C25H19F2N3O3.BrH/c1-33-24(32)25(15-28)20(16-5-9-18(26)10-6-16)21(30-13-3-2-4-14-30)23(31)29-22(25)17-7-11-19(27)12-8-17;/h2-14,20-22H,1H3;1H. The van der Waals surface area contributed by atoms with E-state index < -0.39 is 46.9 Å². The van der Waals surface area contributed by atoms with E-state index in [0.29, 0.717) is 11.1 Å². The summed E-state index contributed by atoms with van der Waals surface area (Å²) in [7, 11) is 1.16. The molecule has 1 aromatic heterocycles. The molecule has 0 aliphatic carbocycles. The van der Waals surface area contributed by atoms with Gasteiger partial charge in [-0.1, -0.05) is 30.3 Å². The number of esters is 1. The van der Waals surface area contributed by atoms with E-state index in [9.17, 15) is 23.6 Å². The number of halogens is 3. The molecular weight excluding hydrogens is 508 g/mol. The van der Waals surface area contributed by atoms with Crippen molar-refractivity contribution in [1.82, 2.24) is 5.32 Å². The second-order valence-corrected chi connectivity index (χ2v) is 7.76. The van der Waals surface area contributed by atoms with Gasteiger partial charge in [-0.25, -0.2) is 8.78 Å². The van der Waals surface area contributed by atoms with Gasteiger partial charge in [0.25, 0.3) is 5.91 Å². The van der Waals surface area contributed by atoms with Gasteiger partial charge in [0.1, 0.15) is 11.6 Å². The predicted molar refractivity (Wildman–Crippen MR) is 112 cm³/mol. The molecule has 1 amide bonds. The van der Waals surface area contributed by atoms with Gasteiger partial charge in [0.2, 0.25) is 6.04 Å². The molecule has 2 aromatic carbocycles. The predicted octanol–water partition coefficient (Wildman–Crippen LogP) is 0.135. The largest absolute Gasteiger partial charge is 1.00 e. The maximum Gasteiger partial charge on any atom is 0.329 e. The van der Waals surface area contributed by atoms with E-state index >= 15 is 0 Å². The summed E-state index contributed by atoms with van der Waals surface area (Å²) in [6, 6.07) is 15.7. The fourth-order valence-electron chi connectivity index (χ4n) is 4.54. The smallest absolute Gasteiger partial charge is 0.329 e. The van der Waals surface area contributed by atoms with Gasteiger partial charge in [0.15, 0.2) is 17.8 Å². The molecule has 0 saturated carbocycles. The lowest BCUT2D eigenvalue weighted by molar-refractivity contribution is -0.715. The van der Waals surface area contributed by atoms with Crippen LogP contribution in [-0.4, -0.2) is 19.0 Å². The van der Waals surface area contributed by atoms with Crippen LogP contribution >= 0.6 is 0 Å². The van der Waals surface area contributed by atoms with Gasteiger partial charge in [-0.05, 0) is 35.4 Å². The summed E-state index contributed by atoms with van der Waals surface area (Å²) >= 11 is 0. The molecule has 3 aromatic rings. The number of amides is 1. The number of nitriles is 1. The van der Waals surface area contributed by atoms with Crippen LogP contribution in [0.2, 0.25) is 0 Å². The highest BCUT2D eigenvalue weighted by Crippen LogP contribution is 2.53. The molecule has 174 valence electrons. The molecule has 9 heteroatoms. The highest BCUT2D eigenvalue weighted by Gasteiger charge is 2.65. The molecule has 0 bridgehead atoms. The fraction of sp³-hybridized carbons (Fsp3) is 0.200. The van der Waals surface area contributed by atoms with Crippen molar-refractivity contribution in [2.75, 3.05) is 7.11 Å². The van der Waals surface area contributed by atoms with Crippen molar-refractivity contribution in [1.29, 1.82) is 5.26 Å². The number of hydrogen-bond donors (Lipinski definition) is 1. The molecule has 0 radical (unpaired) electrons. The van der Waals surface area contributed by atoms with E-state index in [1.54, 1.807) is 35.2 Å². The molecule has 4 unspecified atom stereocenters. The normalized spacial score (nSPS) is 23.7. The third-order valence-electron chi connectivity index (χ3n) is 6.02. The molecule has 4 rings (SSSR count). The Hall–Kier alpha value is -3.64. The van der Waals surface area contributed by atoms with Gasteiger partial charge in [0, 0.05) is 12.1 Å². The number of nitrogens with one attached hydrogen (secondary N) is 1. The summed E-state index contributed by atoms with van der Waals surface area (Å²) in [5, 5.41) is 13.3. The summed E-state index contributed by atoms with van der Waals surface area (Å²) in [5.41, 5.74) is -1.17. The minimum atomic E-state index is -1.94. The Morgan fingerprint density at radius 2 is 1.53 bits per heavy atom. The number of carbonyl (C=O) groups excluding carboxylic acids is 2. The van der Waals surface area contributed by atoms with Gasteiger partial charge < -0.3 is 27.0 Å². The second-order valence-electron chi connectivity index (χ2n) is 7.76. The van der Waals surface area contributed by atoms with E-state index in [1.165, 1.54) is 48.5 Å². The summed E-state index contributed by atoms with van der Waals surface area (Å²) in [6.07, 6.45) is 3.30. The second kappa shape index (κ2) is 10.1. The molecule has 2 heterocycles.